The van der Waals surface area contributed by atoms with Gasteiger partial charge in [0.25, 0.3) is 5.91 Å². The number of fused-ring (bicyclic) bond motifs is 1. The van der Waals surface area contributed by atoms with E-state index in [9.17, 15) is 18.0 Å². The van der Waals surface area contributed by atoms with Crippen molar-refractivity contribution < 1.29 is 18.0 Å². The van der Waals surface area contributed by atoms with Crippen LogP contribution in [0.5, 0.6) is 0 Å². The monoisotopic (exact) mass is 598 g/mol. The van der Waals surface area contributed by atoms with Crippen LogP contribution in [-0.2, 0) is 6.18 Å². The highest BCUT2D eigenvalue weighted by atomic mass is 127. The molecule has 0 atom stereocenters. The number of nitrogens with zero attached hydrogens (tertiary/aromatic N) is 4. The van der Waals surface area contributed by atoms with E-state index in [-0.39, 0.29) is 16.8 Å². The van der Waals surface area contributed by atoms with Crippen molar-refractivity contribution in [1.82, 2.24) is 24.8 Å². The van der Waals surface area contributed by atoms with E-state index in [4.69, 9.17) is 0 Å². The van der Waals surface area contributed by atoms with E-state index in [0.29, 0.717) is 22.5 Å². The minimum absolute atomic E-state index is 0.00835. The number of anilines is 1. The Bertz CT molecular complexity index is 1650. The highest BCUT2D eigenvalue weighted by molar-refractivity contribution is 14.1. The lowest BCUT2D eigenvalue weighted by Crippen LogP contribution is -2.14. The molecule has 0 bridgehead atoms. The number of halogens is 4. The Kier molecular flexibility index (Phi) is 6.19. The van der Waals surface area contributed by atoms with Gasteiger partial charge in [-0.05, 0) is 82.6 Å². The van der Waals surface area contributed by atoms with E-state index in [1.54, 1.807) is 47.2 Å². The summed E-state index contributed by atoms with van der Waals surface area (Å²) >= 11 is 2.10. The Morgan fingerprint density at radius 3 is 2.69 bits per heavy atom. The molecule has 0 spiro atoms. The van der Waals surface area contributed by atoms with Gasteiger partial charge in [-0.25, -0.2) is 9.50 Å². The fourth-order valence-corrected chi connectivity index (χ4v) is 3.92. The highest BCUT2D eigenvalue weighted by Crippen LogP contribution is 2.35. The number of hydrogen-bond donors (Lipinski definition) is 2. The standard InChI is InChI=1S/C25H14F3IN6O/c26-25(27,28)19-9-17(18-12-31-32-13-18)10-20(11-19)34-24(36)16-4-6-22(29)15(8-16)3-5-21-14-30-23-2-1-7-33-35(21)23/h1-2,4,6-14H,(H,31,32)(H,34,36). The number of imidazole rings is 1. The number of benzene rings is 2. The van der Waals surface area contributed by atoms with Crippen molar-refractivity contribution in [2.45, 2.75) is 6.18 Å². The minimum Gasteiger partial charge on any atom is -0.322 e. The number of amides is 1. The average molecular weight is 598 g/mol. The van der Waals surface area contributed by atoms with Crippen molar-refractivity contribution >= 4 is 39.8 Å². The summed E-state index contributed by atoms with van der Waals surface area (Å²) in [5.41, 5.74) is 1.92. The second-order valence-corrected chi connectivity index (χ2v) is 8.78. The average Bonchev–Trinajstić information content (AvgIpc) is 3.53. The summed E-state index contributed by atoms with van der Waals surface area (Å²) in [7, 11) is 0. The Hall–Kier alpha value is -4.18. The zero-order valence-corrected chi connectivity index (χ0v) is 20.3. The van der Waals surface area contributed by atoms with Crippen LogP contribution in [0.3, 0.4) is 0 Å². The van der Waals surface area contributed by atoms with E-state index in [0.717, 1.165) is 15.7 Å². The van der Waals surface area contributed by atoms with E-state index < -0.39 is 17.6 Å². The van der Waals surface area contributed by atoms with Gasteiger partial charge >= 0.3 is 6.18 Å². The molecule has 0 aliphatic rings. The van der Waals surface area contributed by atoms with Crippen LogP contribution >= 0.6 is 22.6 Å². The summed E-state index contributed by atoms with van der Waals surface area (Å²) in [6.45, 7) is 0. The van der Waals surface area contributed by atoms with Crippen molar-refractivity contribution in [1.29, 1.82) is 0 Å². The first kappa shape index (κ1) is 23.6. The molecule has 1 amide bonds. The van der Waals surface area contributed by atoms with Gasteiger partial charge in [-0.15, -0.1) is 0 Å². The first-order valence-electron chi connectivity index (χ1n) is 10.4. The maximum absolute atomic E-state index is 13.5. The summed E-state index contributed by atoms with van der Waals surface area (Å²) in [6, 6.07) is 11.8. The van der Waals surface area contributed by atoms with Gasteiger partial charge < -0.3 is 5.32 Å². The Balaban J connectivity index is 1.44. The molecule has 2 aromatic carbocycles. The van der Waals surface area contributed by atoms with Crippen molar-refractivity contribution in [3.05, 3.63) is 99.3 Å². The molecule has 7 nitrogen and oxygen atoms in total. The molecular weight excluding hydrogens is 584 g/mol. The lowest BCUT2D eigenvalue weighted by molar-refractivity contribution is -0.137. The van der Waals surface area contributed by atoms with Crippen LogP contribution in [0.4, 0.5) is 18.9 Å². The molecule has 2 N–H and O–H groups in total. The van der Waals surface area contributed by atoms with Gasteiger partial charge in [0, 0.05) is 38.3 Å². The second kappa shape index (κ2) is 9.46. The van der Waals surface area contributed by atoms with Crippen LogP contribution in [0.15, 0.2) is 73.3 Å². The van der Waals surface area contributed by atoms with Gasteiger partial charge in [0.05, 0.1) is 18.0 Å². The van der Waals surface area contributed by atoms with E-state index in [2.05, 4.69) is 60.0 Å². The highest BCUT2D eigenvalue weighted by Gasteiger charge is 2.31. The van der Waals surface area contributed by atoms with Crippen molar-refractivity contribution in [3.8, 4) is 23.0 Å². The van der Waals surface area contributed by atoms with Crippen molar-refractivity contribution in [2.75, 3.05) is 5.32 Å². The van der Waals surface area contributed by atoms with Crippen LogP contribution in [0.25, 0.3) is 16.8 Å². The van der Waals surface area contributed by atoms with Gasteiger partial charge in [0.2, 0.25) is 0 Å². The van der Waals surface area contributed by atoms with Crippen LogP contribution < -0.4 is 5.32 Å². The lowest BCUT2D eigenvalue weighted by Gasteiger charge is -2.13. The number of hydrogen-bond acceptors (Lipinski definition) is 4. The van der Waals surface area contributed by atoms with Gasteiger partial charge in [0.15, 0.2) is 5.65 Å². The number of alkyl halides is 3. The number of carbonyl (C=O) groups is 1. The third-order valence-electron chi connectivity index (χ3n) is 5.18. The molecule has 0 saturated heterocycles. The Morgan fingerprint density at radius 2 is 1.92 bits per heavy atom. The first-order valence-corrected chi connectivity index (χ1v) is 11.5. The predicted molar refractivity (Wildman–Crippen MR) is 135 cm³/mol. The molecule has 0 aliphatic carbocycles. The zero-order valence-electron chi connectivity index (χ0n) is 18.1. The molecule has 5 rings (SSSR count). The molecule has 0 aliphatic heterocycles. The zero-order chi connectivity index (χ0) is 25.3. The topological polar surface area (TPSA) is 88.0 Å². The summed E-state index contributed by atoms with van der Waals surface area (Å²) in [5.74, 6) is 5.46. The lowest BCUT2D eigenvalue weighted by atomic mass is 10.0. The molecule has 3 aromatic heterocycles. The minimum atomic E-state index is -4.59. The molecule has 0 unspecified atom stereocenters. The second-order valence-electron chi connectivity index (χ2n) is 7.62. The van der Waals surface area contributed by atoms with Crippen molar-refractivity contribution in [2.24, 2.45) is 0 Å². The normalized spacial score (nSPS) is 11.2. The molecule has 11 heteroatoms. The molecule has 5 aromatic rings. The molecule has 3 heterocycles. The van der Waals surface area contributed by atoms with E-state index >= 15 is 0 Å². The number of nitrogens with one attached hydrogen (secondary N) is 2. The first-order chi connectivity index (χ1) is 17.3. The number of H-pyrrole nitrogens is 1. The molecule has 0 radical (unpaired) electrons. The Morgan fingerprint density at radius 1 is 1.06 bits per heavy atom. The third-order valence-corrected chi connectivity index (χ3v) is 6.12. The number of aromatic amines is 1. The van der Waals surface area contributed by atoms with E-state index in [1.807, 2.05) is 0 Å². The molecule has 0 fully saturated rings. The van der Waals surface area contributed by atoms with Gasteiger partial charge in [-0.1, -0.05) is 5.92 Å². The Labute approximate surface area is 215 Å². The van der Waals surface area contributed by atoms with Crippen LogP contribution in [0.1, 0.15) is 27.2 Å². The summed E-state index contributed by atoms with van der Waals surface area (Å²) in [5, 5.41) is 13.1. The van der Waals surface area contributed by atoms with Crippen LogP contribution in [0.2, 0.25) is 0 Å². The SMILES string of the molecule is O=C(Nc1cc(-c2cn[nH]c2)cc(C(F)(F)F)c1)c1ccc(I)c(C#Cc2cnc3cccnn23)c1. The summed E-state index contributed by atoms with van der Waals surface area (Å²) in [4.78, 5) is 17.2. The largest absolute Gasteiger partial charge is 0.416 e. The molecule has 36 heavy (non-hydrogen) atoms. The maximum atomic E-state index is 13.5. The summed E-state index contributed by atoms with van der Waals surface area (Å²) < 4.78 is 42.9. The fraction of sp³-hybridized carbons (Fsp3) is 0.0400. The number of aromatic nitrogens is 5. The van der Waals surface area contributed by atoms with Gasteiger partial charge in [-0.2, -0.15) is 23.4 Å². The predicted octanol–water partition coefficient (Wildman–Crippen LogP) is 5.39. The molecule has 178 valence electrons. The molecular formula is C25H14F3IN6O. The van der Waals surface area contributed by atoms with Crippen molar-refractivity contribution in [3.63, 3.8) is 0 Å². The third kappa shape index (κ3) is 4.94. The fourth-order valence-electron chi connectivity index (χ4n) is 3.45. The van der Waals surface area contributed by atoms with Gasteiger partial charge in [0.1, 0.15) is 5.69 Å². The van der Waals surface area contributed by atoms with Gasteiger partial charge in [-0.3, -0.25) is 9.89 Å². The maximum Gasteiger partial charge on any atom is 0.416 e. The smallest absolute Gasteiger partial charge is 0.322 e. The van der Waals surface area contributed by atoms with Crippen LogP contribution in [0, 0.1) is 15.4 Å². The summed E-state index contributed by atoms with van der Waals surface area (Å²) in [6.07, 6.45) is 1.52. The number of rotatable bonds is 3. The number of carbonyl (C=O) groups excluding carboxylic acids is 1. The molecule has 0 saturated carbocycles. The van der Waals surface area contributed by atoms with Crippen LogP contribution in [-0.4, -0.2) is 30.7 Å². The quantitative estimate of drug-likeness (QED) is 0.215. The van der Waals surface area contributed by atoms with E-state index in [1.165, 1.54) is 18.5 Å².